The summed E-state index contributed by atoms with van der Waals surface area (Å²) in [6, 6.07) is 18.5. The van der Waals surface area contributed by atoms with Gasteiger partial charge in [-0.3, -0.25) is 19.3 Å². The second-order valence-electron chi connectivity index (χ2n) is 10.4. The van der Waals surface area contributed by atoms with Crippen LogP contribution in [0, 0.1) is 6.92 Å². The number of hydrogen-bond donors (Lipinski definition) is 1. The van der Waals surface area contributed by atoms with Gasteiger partial charge in [0.05, 0.1) is 28.8 Å². The van der Waals surface area contributed by atoms with Gasteiger partial charge in [0, 0.05) is 12.5 Å². The molecule has 11 heteroatoms. The number of carbonyl (C=O) groups excluding carboxylic acids is 3. The number of thiazole rings is 1. The number of rotatable bonds is 9. The number of carbonyl (C=O) groups is 3. The SMILES string of the molecule is CCOc1cc([C@@H]2C(=C(O)c3ccc4c(c3)OCCO4)C(=O)C(=O)N2c2nc(C)c(C(C)=O)s2)ccc1OCc1ccccc1. The Hall–Kier alpha value is -5.16. The summed E-state index contributed by atoms with van der Waals surface area (Å²) in [6.45, 7) is 6.28. The molecular formula is C34H30N2O8S. The molecule has 230 valence electrons. The number of amides is 1. The van der Waals surface area contributed by atoms with Crippen molar-refractivity contribution in [1.82, 2.24) is 4.98 Å². The average molecular weight is 627 g/mol. The molecule has 0 saturated carbocycles. The second kappa shape index (κ2) is 12.4. The molecule has 0 spiro atoms. The monoisotopic (exact) mass is 626 g/mol. The van der Waals surface area contributed by atoms with Crippen molar-refractivity contribution in [3.05, 3.63) is 99.6 Å². The fraction of sp³-hybridized carbons (Fsp3) is 0.235. The molecule has 0 bridgehead atoms. The Kier molecular flexibility index (Phi) is 8.27. The van der Waals surface area contributed by atoms with E-state index in [1.54, 1.807) is 43.3 Å². The van der Waals surface area contributed by atoms with E-state index in [-0.39, 0.29) is 27.8 Å². The lowest BCUT2D eigenvalue weighted by molar-refractivity contribution is -0.132. The smallest absolute Gasteiger partial charge is 0.301 e. The molecule has 0 aliphatic carbocycles. The van der Waals surface area contributed by atoms with E-state index in [0.29, 0.717) is 65.6 Å². The van der Waals surface area contributed by atoms with Gasteiger partial charge in [-0.2, -0.15) is 0 Å². The van der Waals surface area contributed by atoms with Crippen LogP contribution in [0.25, 0.3) is 5.76 Å². The van der Waals surface area contributed by atoms with Gasteiger partial charge >= 0.3 is 5.91 Å². The predicted molar refractivity (Wildman–Crippen MR) is 167 cm³/mol. The van der Waals surface area contributed by atoms with E-state index < -0.39 is 17.7 Å². The summed E-state index contributed by atoms with van der Waals surface area (Å²) in [6.07, 6.45) is 0. The molecule has 6 rings (SSSR count). The van der Waals surface area contributed by atoms with Crippen molar-refractivity contribution >= 4 is 39.7 Å². The number of ketones is 2. The van der Waals surface area contributed by atoms with Crippen LogP contribution in [0.5, 0.6) is 23.0 Å². The summed E-state index contributed by atoms with van der Waals surface area (Å²) in [5.74, 6) is -0.585. The van der Waals surface area contributed by atoms with Crippen LogP contribution < -0.4 is 23.8 Å². The van der Waals surface area contributed by atoms with Gasteiger partial charge in [-0.1, -0.05) is 47.7 Å². The van der Waals surface area contributed by atoms with Gasteiger partial charge in [-0.15, -0.1) is 0 Å². The normalized spacial score (nSPS) is 17.0. The molecule has 1 amide bonds. The highest BCUT2D eigenvalue weighted by Crippen LogP contribution is 2.46. The maximum Gasteiger partial charge on any atom is 0.301 e. The molecular weight excluding hydrogens is 596 g/mol. The van der Waals surface area contributed by atoms with Gasteiger partial charge in [0.1, 0.15) is 25.6 Å². The first-order chi connectivity index (χ1) is 21.8. The quantitative estimate of drug-likeness (QED) is 0.103. The highest BCUT2D eigenvalue weighted by atomic mass is 32.1. The standard InChI is InChI=1S/C34H30N2O8S/c1-4-41-26-16-22(10-12-25(26)44-18-21-8-6-5-7-9-21)29-28(30(38)23-11-13-24-27(17-23)43-15-14-42-24)31(39)33(40)36(29)34-35-19(2)32(45-34)20(3)37/h5-13,16-17,29,38H,4,14-15,18H2,1-3H3/t29-/m1/s1. The van der Waals surface area contributed by atoms with Crippen molar-refractivity contribution < 1.29 is 38.4 Å². The lowest BCUT2D eigenvalue weighted by atomic mass is 9.95. The van der Waals surface area contributed by atoms with Crippen LogP contribution in [0.3, 0.4) is 0 Å². The zero-order valence-corrected chi connectivity index (χ0v) is 25.7. The van der Waals surface area contributed by atoms with Crippen molar-refractivity contribution in [2.24, 2.45) is 0 Å². The van der Waals surface area contributed by atoms with Gasteiger partial charge < -0.3 is 24.1 Å². The molecule has 0 unspecified atom stereocenters. The Morgan fingerprint density at radius 2 is 1.76 bits per heavy atom. The van der Waals surface area contributed by atoms with Crippen LogP contribution in [0.15, 0.2) is 72.3 Å². The molecule has 2 aliphatic heterocycles. The number of aliphatic hydroxyl groups excluding tert-OH is 1. The molecule has 3 aromatic carbocycles. The molecule has 0 radical (unpaired) electrons. The molecule has 2 aliphatic rings. The molecule has 10 nitrogen and oxygen atoms in total. The number of hydrogen-bond acceptors (Lipinski definition) is 10. The van der Waals surface area contributed by atoms with Crippen molar-refractivity contribution in [2.45, 2.75) is 33.4 Å². The zero-order valence-electron chi connectivity index (χ0n) is 24.9. The summed E-state index contributed by atoms with van der Waals surface area (Å²) in [5.41, 5.74) is 2.01. The third-order valence-corrected chi connectivity index (χ3v) is 8.65. The van der Waals surface area contributed by atoms with Gasteiger partial charge in [0.15, 0.2) is 33.9 Å². The number of ether oxygens (including phenoxy) is 4. The van der Waals surface area contributed by atoms with Crippen LogP contribution in [-0.2, 0) is 16.2 Å². The first kappa shape index (κ1) is 29.9. The number of benzene rings is 3. The lowest BCUT2D eigenvalue weighted by Gasteiger charge is -2.24. The zero-order chi connectivity index (χ0) is 31.7. The van der Waals surface area contributed by atoms with Crippen LogP contribution in [-0.4, -0.2) is 47.4 Å². The number of aryl methyl sites for hydroxylation is 1. The minimum atomic E-state index is -1.09. The van der Waals surface area contributed by atoms with Gasteiger partial charge in [-0.05, 0) is 55.3 Å². The van der Waals surface area contributed by atoms with Crippen LogP contribution >= 0.6 is 11.3 Å². The number of nitrogens with zero attached hydrogens (tertiary/aromatic N) is 2. The highest BCUT2D eigenvalue weighted by Gasteiger charge is 2.48. The Bertz CT molecular complexity index is 1830. The van der Waals surface area contributed by atoms with Crippen molar-refractivity contribution in [3.63, 3.8) is 0 Å². The number of Topliss-reactive ketones (excluding diaryl/α,β-unsaturated/α-hetero) is 2. The Morgan fingerprint density at radius 1 is 1.00 bits per heavy atom. The second-order valence-corrected chi connectivity index (χ2v) is 11.4. The summed E-state index contributed by atoms with van der Waals surface area (Å²) in [7, 11) is 0. The number of anilines is 1. The van der Waals surface area contributed by atoms with Crippen LogP contribution in [0.1, 0.15) is 51.9 Å². The summed E-state index contributed by atoms with van der Waals surface area (Å²) >= 11 is 1.02. The Labute approximate surface area is 263 Å². The summed E-state index contributed by atoms with van der Waals surface area (Å²) in [5, 5.41) is 11.8. The van der Waals surface area contributed by atoms with Gasteiger partial charge in [-0.25, -0.2) is 4.98 Å². The molecule has 1 aromatic heterocycles. The molecule has 45 heavy (non-hydrogen) atoms. The number of aliphatic hydroxyl groups is 1. The number of aromatic nitrogens is 1. The Balaban J connectivity index is 1.48. The van der Waals surface area contributed by atoms with E-state index in [1.807, 2.05) is 37.3 Å². The third kappa shape index (κ3) is 5.74. The van der Waals surface area contributed by atoms with Crippen LogP contribution in [0.2, 0.25) is 0 Å². The first-order valence-corrected chi connectivity index (χ1v) is 15.2. The molecule has 1 fully saturated rings. The third-order valence-electron chi connectivity index (χ3n) is 7.39. The van der Waals surface area contributed by atoms with Crippen molar-refractivity contribution in [3.8, 4) is 23.0 Å². The average Bonchev–Trinajstić information content (AvgIpc) is 3.56. The number of fused-ring (bicyclic) bond motifs is 1. The Morgan fingerprint density at radius 3 is 2.47 bits per heavy atom. The molecule has 1 saturated heterocycles. The van der Waals surface area contributed by atoms with E-state index in [4.69, 9.17) is 18.9 Å². The van der Waals surface area contributed by atoms with Crippen molar-refractivity contribution in [1.29, 1.82) is 0 Å². The van der Waals surface area contributed by atoms with Gasteiger partial charge in [0.2, 0.25) is 0 Å². The van der Waals surface area contributed by atoms with Gasteiger partial charge in [0.25, 0.3) is 5.78 Å². The molecule has 3 heterocycles. The molecule has 4 aromatic rings. The maximum atomic E-state index is 13.7. The largest absolute Gasteiger partial charge is 0.507 e. The lowest BCUT2D eigenvalue weighted by Crippen LogP contribution is -2.29. The van der Waals surface area contributed by atoms with Crippen LogP contribution in [0.4, 0.5) is 5.13 Å². The molecule has 1 atom stereocenters. The fourth-order valence-corrected chi connectivity index (χ4v) is 6.31. The van der Waals surface area contributed by atoms with E-state index in [2.05, 4.69) is 4.98 Å². The fourth-order valence-electron chi connectivity index (χ4n) is 5.32. The topological polar surface area (TPSA) is 124 Å². The van der Waals surface area contributed by atoms with E-state index in [1.165, 1.54) is 11.8 Å². The van der Waals surface area contributed by atoms with E-state index in [9.17, 15) is 19.5 Å². The molecule has 1 N–H and O–H groups in total. The van der Waals surface area contributed by atoms with Crippen molar-refractivity contribution in [2.75, 3.05) is 24.7 Å². The first-order valence-electron chi connectivity index (χ1n) is 14.4. The summed E-state index contributed by atoms with van der Waals surface area (Å²) in [4.78, 5) is 45.8. The summed E-state index contributed by atoms with van der Waals surface area (Å²) < 4.78 is 23.3. The predicted octanol–water partition coefficient (Wildman–Crippen LogP) is 6.03. The van der Waals surface area contributed by atoms with E-state index >= 15 is 0 Å². The van der Waals surface area contributed by atoms with E-state index in [0.717, 1.165) is 16.9 Å². The minimum absolute atomic E-state index is 0.144. The maximum absolute atomic E-state index is 13.7. The highest BCUT2D eigenvalue weighted by molar-refractivity contribution is 7.18. The minimum Gasteiger partial charge on any atom is -0.507 e.